The number of rotatable bonds is 3. The van der Waals surface area contributed by atoms with Crippen LogP contribution in [-0.2, 0) is 11.3 Å². The number of nitrogens with one attached hydrogen (secondary N) is 1. The molecule has 6 nitrogen and oxygen atoms in total. The van der Waals surface area contributed by atoms with E-state index in [2.05, 4.69) is 22.2 Å². The molecule has 2 atom stereocenters. The van der Waals surface area contributed by atoms with Crippen molar-refractivity contribution in [1.82, 2.24) is 15.1 Å². The fourth-order valence-corrected chi connectivity index (χ4v) is 3.09. The fraction of sp³-hybridized carbons (Fsp3) is 0.733. The van der Waals surface area contributed by atoms with E-state index >= 15 is 0 Å². The zero-order chi connectivity index (χ0) is 14.7. The van der Waals surface area contributed by atoms with Gasteiger partial charge in [0.25, 0.3) is 5.56 Å². The molecule has 3 heterocycles. The second-order valence-electron chi connectivity index (χ2n) is 6.12. The van der Waals surface area contributed by atoms with Crippen molar-refractivity contribution < 1.29 is 4.74 Å². The van der Waals surface area contributed by atoms with E-state index in [1.165, 1.54) is 17.5 Å². The van der Waals surface area contributed by atoms with Crippen molar-refractivity contribution in [2.45, 2.75) is 32.4 Å². The largest absolute Gasteiger partial charge is 0.374 e. The van der Waals surface area contributed by atoms with Crippen molar-refractivity contribution >= 4 is 5.69 Å². The van der Waals surface area contributed by atoms with E-state index < -0.39 is 0 Å². The first-order chi connectivity index (χ1) is 10.2. The lowest BCUT2D eigenvalue weighted by atomic mass is 10.00. The van der Waals surface area contributed by atoms with Gasteiger partial charge in [0.15, 0.2) is 0 Å². The van der Waals surface area contributed by atoms with Crippen LogP contribution < -0.4 is 15.8 Å². The summed E-state index contributed by atoms with van der Waals surface area (Å²) in [5, 5.41) is 7.59. The molecule has 3 rings (SSSR count). The minimum Gasteiger partial charge on any atom is -0.374 e. The van der Waals surface area contributed by atoms with Crippen LogP contribution in [0, 0.1) is 5.92 Å². The van der Waals surface area contributed by atoms with Gasteiger partial charge in [0.05, 0.1) is 31.1 Å². The maximum atomic E-state index is 12.2. The highest BCUT2D eigenvalue weighted by molar-refractivity contribution is 5.43. The lowest BCUT2D eigenvalue weighted by Crippen LogP contribution is -2.43. The van der Waals surface area contributed by atoms with Crippen molar-refractivity contribution in [3.8, 4) is 0 Å². The Bertz CT molecular complexity index is 525. The van der Waals surface area contributed by atoms with Crippen LogP contribution >= 0.6 is 0 Å². The summed E-state index contributed by atoms with van der Waals surface area (Å²) in [5.41, 5.74) is 0.908. The van der Waals surface area contributed by atoms with Gasteiger partial charge in [-0.15, -0.1) is 0 Å². The number of piperidine rings is 1. The van der Waals surface area contributed by atoms with Gasteiger partial charge in [0.2, 0.25) is 0 Å². The second-order valence-corrected chi connectivity index (χ2v) is 6.12. The summed E-state index contributed by atoms with van der Waals surface area (Å²) >= 11 is 0. The molecule has 2 unspecified atom stereocenters. The third-order valence-corrected chi connectivity index (χ3v) is 4.26. The van der Waals surface area contributed by atoms with E-state index in [0.717, 1.165) is 31.9 Å². The quantitative estimate of drug-likeness (QED) is 0.877. The van der Waals surface area contributed by atoms with Gasteiger partial charge in [0.1, 0.15) is 0 Å². The Hall–Kier alpha value is -1.40. The minimum atomic E-state index is -0.0418. The van der Waals surface area contributed by atoms with Gasteiger partial charge in [-0.05, 0) is 18.8 Å². The maximum absolute atomic E-state index is 12.2. The van der Waals surface area contributed by atoms with Crippen LogP contribution in [0.4, 0.5) is 5.69 Å². The van der Waals surface area contributed by atoms with Crippen LogP contribution in [-0.4, -0.2) is 48.7 Å². The van der Waals surface area contributed by atoms with Crippen LogP contribution in [0.5, 0.6) is 0 Å². The average molecular weight is 292 g/mol. The van der Waals surface area contributed by atoms with Gasteiger partial charge >= 0.3 is 0 Å². The Kier molecular flexibility index (Phi) is 4.55. The van der Waals surface area contributed by atoms with Gasteiger partial charge in [-0.2, -0.15) is 5.10 Å². The van der Waals surface area contributed by atoms with Gasteiger partial charge < -0.3 is 15.0 Å². The Morgan fingerprint density at radius 3 is 3.14 bits per heavy atom. The lowest BCUT2D eigenvalue weighted by Gasteiger charge is -2.32. The number of hydrogen-bond donors (Lipinski definition) is 1. The number of nitrogens with zero attached hydrogens (tertiary/aromatic N) is 3. The van der Waals surface area contributed by atoms with E-state index in [1.807, 2.05) is 6.20 Å². The van der Waals surface area contributed by atoms with E-state index in [0.29, 0.717) is 19.1 Å². The van der Waals surface area contributed by atoms with Crippen molar-refractivity contribution in [3.05, 3.63) is 22.6 Å². The van der Waals surface area contributed by atoms with Gasteiger partial charge in [-0.3, -0.25) is 4.79 Å². The summed E-state index contributed by atoms with van der Waals surface area (Å²) < 4.78 is 7.13. The number of morpholine rings is 1. The van der Waals surface area contributed by atoms with E-state index in [1.54, 1.807) is 6.07 Å². The minimum absolute atomic E-state index is 0.0322. The summed E-state index contributed by atoms with van der Waals surface area (Å²) in [7, 11) is 0. The molecule has 0 aliphatic carbocycles. The first-order valence-corrected chi connectivity index (χ1v) is 7.87. The second kappa shape index (κ2) is 6.58. The number of aromatic nitrogens is 2. The molecular formula is C15H24N4O2. The predicted octanol–water partition coefficient (Wildman–Crippen LogP) is 0.468. The Morgan fingerprint density at radius 2 is 2.43 bits per heavy atom. The molecule has 21 heavy (non-hydrogen) atoms. The zero-order valence-electron chi connectivity index (χ0n) is 12.6. The highest BCUT2D eigenvalue weighted by Gasteiger charge is 2.19. The number of hydrogen-bond acceptors (Lipinski definition) is 5. The normalized spacial score (nSPS) is 26.8. The fourth-order valence-electron chi connectivity index (χ4n) is 3.09. The molecule has 2 aliphatic heterocycles. The third-order valence-electron chi connectivity index (χ3n) is 4.26. The molecule has 1 N–H and O–H groups in total. The predicted molar refractivity (Wildman–Crippen MR) is 81.7 cm³/mol. The molecule has 2 aliphatic rings. The molecule has 0 amide bonds. The molecule has 116 valence electrons. The summed E-state index contributed by atoms with van der Waals surface area (Å²) in [4.78, 5) is 14.5. The first kappa shape index (κ1) is 14.5. The summed E-state index contributed by atoms with van der Waals surface area (Å²) in [5.74, 6) is 0.683. The summed E-state index contributed by atoms with van der Waals surface area (Å²) in [6.45, 7) is 7.16. The number of ether oxygens (including phenoxy) is 1. The highest BCUT2D eigenvalue weighted by Crippen LogP contribution is 2.20. The molecule has 0 radical (unpaired) electrons. The molecule has 0 spiro atoms. The molecule has 1 aromatic rings. The molecule has 2 saturated heterocycles. The Balaban J connectivity index is 1.68. The average Bonchev–Trinajstić information content (AvgIpc) is 2.50. The first-order valence-electron chi connectivity index (χ1n) is 7.87. The molecule has 6 heteroatoms. The molecule has 0 aromatic carbocycles. The smallest absolute Gasteiger partial charge is 0.268 e. The van der Waals surface area contributed by atoms with Crippen molar-refractivity contribution in [3.63, 3.8) is 0 Å². The third kappa shape index (κ3) is 3.63. The van der Waals surface area contributed by atoms with Crippen LogP contribution in [0.15, 0.2) is 17.1 Å². The van der Waals surface area contributed by atoms with Crippen LogP contribution in [0.2, 0.25) is 0 Å². The molecule has 2 fully saturated rings. The van der Waals surface area contributed by atoms with Gasteiger partial charge in [0, 0.05) is 32.2 Å². The summed E-state index contributed by atoms with van der Waals surface area (Å²) in [6, 6.07) is 1.71. The van der Waals surface area contributed by atoms with E-state index in [-0.39, 0.29) is 11.7 Å². The number of anilines is 1. The standard InChI is InChI=1S/C15H24N4O2/c1-12-3-2-5-18(10-12)13-7-15(20)19(17-8-13)11-14-9-16-4-6-21-14/h7-8,12,14,16H,2-6,9-11H2,1H3. The lowest BCUT2D eigenvalue weighted by molar-refractivity contribution is 0.0153. The molecule has 0 saturated carbocycles. The van der Waals surface area contributed by atoms with Crippen LogP contribution in [0.3, 0.4) is 0 Å². The Morgan fingerprint density at radius 1 is 1.52 bits per heavy atom. The molecular weight excluding hydrogens is 268 g/mol. The highest BCUT2D eigenvalue weighted by atomic mass is 16.5. The maximum Gasteiger partial charge on any atom is 0.268 e. The van der Waals surface area contributed by atoms with Gasteiger partial charge in [-0.1, -0.05) is 6.92 Å². The van der Waals surface area contributed by atoms with E-state index in [4.69, 9.17) is 4.74 Å². The molecule has 0 bridgehead atoms. The topological polar surface area (TPSA) is 59.4 Å². The summed E-state index contributed by atoms with van der Waals surface area (Å²) in [6.07, 6.45) is 4.30. The van der Waals surface area contributed by atoms with E-state index in [9.17, 15) is 4.79 Å². The monoisotopic (exact) mass is 292 g/mol. The van der Waals surface area contributed by atoms with Crippen LogP contribution in [0.25, 0.3) is 0 Å². The van der Waals surface area contributed by atoms with Crippen molar-refractivity contribution in [1.29, 1.82) is 0 Å². The SMILES string of the molecule is CC1CCCN(c2cnn(CC3CNCCO3)c(=O)c2)C1. The Labute approximate surface area is 125 Å². The zero-order valence-corrected chi connectivity index (χ0v) is 12.6. The van der Waals surface area contributed by atoms with Gasteiger partial charge in [-0.25, -0.2) is 4.68 Å². The van der Waals surface area contributed by atoms with Crippen LogP contribution in [0.1, 0.15) is 19.8 Å². The molecule has 1 aromatic heterocycles. The van der Waals surface area contributed by atoms with Crippen molar-refractivity contribution in [2.24, 2.45) is 5.92 Å². The van der Waals surface area contributed by atoms with Crippen molar-refractivity contribution in [2.75, 3.05) is 37.7 Å².